The first kappa shape index (κ1) is 24.1. The summed E-state index contributed by atoms with van der Waals surface area (Å²) >= 11 is 0. The summed E-state index contributed by atoms with van der Waals surface area (Å²) in [4.78, 5) is 48.5. The minimum Gasteiger partial charge on any atom is -0.497 e. The fourth-order valence-corrected chi connectivity index (χ4v) is 3.28. The van der Waals surface area contributed by atoms with E-state index in [1.807, 2.05) is 0 Å². The number of nitrogens with two attached hydrogens (primary N) is 1. The van der Waals surface area contributed by atoms with Gasteiger partial charge in [-0.3, -0.25) is 0 Å². The number of methoxy groups -OCH3 is 1. The number of benzene rings is 2. The fraction of sp³-hybridized carbons (Fsp3) is 0.217. The Labute approximate surface area is 195 Å². The highest BCUT2D eigenvalue weighted by Gasteiger charge is 2.34. The average molecular weight is 468 g/mol. The molecule has 1 heterocycles. The summed E-state index contributed by atoms with van der Waals surface area (Å²) in [6.07, 6.45) is 0. The van der Waals surface area contributed by atoms with Gasteiger partial charge in [0.1, 0.15) is 12.4 Å². The molecule has 4 amide bonds. The fourth-order valence-electron chi connectivity index (χ4n) is 3.28. The van der Waals surface area contributed by atoms with Gasteiger partial charge in [0.2, 0.25) is 0 Å². The van der Waals surface area contributed by atoms with Gasteiger partial charge in [0, 0.05) is 5.69 Å². The maximum atomic E-state index is 12.8. The van der Waals surface area contributed by atoms with Crippen molar-refractivity contribution in [3.8, 4) is 5.75 Å². The molecule has 1 unspecified atom stereocenters. The smallest absolute Gasteiger partial charge is 0.338 e. The van der Waals surface area contributed by atoms with Crippen LogP contribution >= 0.6 is 0 Å². The molecule has 178 valence electrons. The molecule has 34 heavy (non-hydrogen) atoms. The molecule has 5 N–H and O–H groups in total. The zero-order chi connectivity index (χ0) is 24.7. The van der Waals surface area contributed by atoms with Gasteiger partial charge in [0.15, 0.2) is 0 Å². The zero-order valence-corrected chi connectivity index (χ0v) is 18.5. The van der Waals surface area contributed by atoms with Crippen molar-refractivity contribution >= 4 is 29.7 Å². The molecular weight excluding hydrogens is 444 g/mol. The van der Waals surface area contributed by atoms with Crippen LogP contribution in [0.2, 0.25) is 0 Å². The number of esters is 2. The lowest BCUT2D eigenvalue weighted by Gasteiger charge is -2.29. The molecule has 0 saturated heterocycles. The molecule has 1 aliphatic rings. The summed E-state index contributed by atoms with van der Waals surface area (Å²) in [6.45, 7) is 1.39. The van der Waals surface area contributed by atoms with Crippen molar-refractivity contribution in [3.05, 3.63) is 70.9 Å². The molecule has 0 fully saturated rings. The molecule has 2 aromatic carbocycles. The number of anilines is 1. The number of carbonyl (C=O) groups is 4. The number of primary amides is 1. The number of ether oxygens (including phenoxy) is 3. The summed E-state index contributed by atoms with van der Waals surface area (Å²) in [5.41, 5.74) is 6.48. The Balaban J connectivity index is 1.85. The van der Waals surface area contributed by atoms with Crippen LogP contribution in [0.25, 0.3) is 0 Å². The lowest BCUT2D eigenvalue weighted by atomic mass is 9.95. The number of nitrogens with one attached hydrogen (secondary N) is 3. The molecule has 0 saturated carbocycles. The van der Waals surface area contributed by atoms with Gasteiger partial charge in [0.25, 0.3) is 0 Å². The van der Waals surface area contributed by atoms with Gasteiger partial charge in [0.05, 0.1) is 36.6 Å². The van der Waals surface area contributed by atoms with Crippen LogP contribution in [-0.4, -0.2) is 44.3 Å². The van der Waals surface area contributed by atoms with Crippen LogP contribution in [0.3, 0.4) is 0 Å². The third kappa shape index (κ3) is 5.82. The van der Waals surface area contributed by atoms with E-state index >= 15 is 0 Å². The van der Waals surface area contributed by atoms with E-state index in [1.165, 1.54) is 31.4 Å². The second kappa shape index (κ2) is 10.9. The highest BCUT2D eigenvalue weighted by atomic mass is 16.5. The first-order valence-corrected chi connectivity index (χ1v) is 10.3. The van der Waals surface area contributed by atoms with E-state index < -0.39 is 30.0 Å². The molecular formula is C23H24N4O7. The van der Waals surface area contributed by atoms with Crippen LogP contribution in [0.4, 0.5) is 15.3 Å². The van der Waals surface area contributed by atoms with E-state index in [0.29, 0.717) is 17.0 Å². The van der Waals surface area contributed by atoms with Crippen LogP contribution < -0.4 is 26.4 Å². The van der Waals surface area contributed by atoms with Crippen molar-refractivity contribution < 1.29 is 33.4 Å². The van der Waals surface area contributed by atoms with Crippen molar-refractivity contribution in [2.24, 2.45) is 5.73 Å². The predicted molar refractivity (Wildman–Crippen MR) is 121 cm³/mol. The van der Waals surface area contributed by atoms with Gasteiger partial charge < -0.3 is 35.9 Å². The monoisotopic (exact) mass is 468 g/mol. The molecule has 3 rings (SSSR count). The Bertz CT molecular complexity index is 1110. The number of carbonyl (C=O) groups excluding carboxylic acids is 4. The van der Waals surface area contributed by atoms with E-state index in [9.17, 15) is 19.2 Å². The summed E-state index contributed by atoms with van der Waals surface area (Å²) < 4.78 is 15.7. The number of rotatable bonds is 8. The Morgan fingerprint density at radius 1 is 1.00 bits per heavy atom. The zero-order valence-electron chi connectivity index (χ0n) is 18.5. The van der Waals surface area contributed by atoms with Crippen LogP contribution in [0.15, 0.2) is 59.8 Å². The maximum absolute atomic E-state index is 12.8. The lowest BCUT2D eigenvalue weighted by molar-refractivity contribution is -0.139. The van der Waals surface area contributed by atoms with Gasteiger partial charge in [-0.1, -0.05) is 12.1 Å². The third-order valence-corrected chi connectivity index (χ3v) is 4.83. The molecule has 2 aromatic rings. The van der Waals surface area contributed by atoms with Crippen molar-refractivity contribution in [1.82, 2.24) is 10.6 Å². The summed E-state index contributed by atoms with van der Waals surface area (Å²) in [5.74, 6) is -0.754. The third-order valence-electron chi connectivity index (χ3n) is 4.83. The van der Waals surface area contributed by atoms with Gasteiger partial charge in [-0.25, -0.2) is 19.2 Å². The van der Waals surface area contributed by atoms with Crippen LogP contribution in [0.5, 0.6) is 5.75 Å². The number of hydrogen-bond acceptors (Lipinski definition) is 7. The first-order chi connectivity index (χ1) is 16.3. The topological polar surface area (TPSA) is 158 Å². The van der Waals surface area contributed by atoms with Crippen LogP contribution in [-0.2, 0) is 14.3 Å². The Kier molecular flexibility index (Phi) is 7.70. The molecule has 11 heteroatoms. The van der Waals surface area contributed by atoms with Crippen LogP contribution in [0.1, 0.15) is 28.9 Å². The Morgan fingerprint density at radius 2 is 1.68 bits per heavy atom. The molecule has 0 aromatic heterocycles. The van der Waals surface area contributed by atoms with E-state index in [-0.39, 0.29) is 30.0 Å². The van der Waals surface area contributed by atoms with Crippen molar-refractivity contribution in [1.29, 1.82) is 0 Å². The maximum Gasteiger partial charge on any atom is 0.338 e. The second-order valence-electron chi connectivity index (χ2n) is 7.06. The van der Waals surface area contributed by atoms with E-state index in [4.69, 9.17) is 19.9 Å². The van der Waals surface area contributed by atoms with E-state index in [0.717, 1.165) is 0 Å². The number of amides is 4. The average Bonchev–Trinajstić information content (AvgIpc) is 2.82. The minimum absolute atomic E-state index is 0.100. The summed E-state index contributed by atoms with van der Waals surface area (Å²) in [5, 5.41) is 7.61. The molecule has 1 aliphatic heterocycles. The predicted octanol–water partition coefficient (Wildman–Crippen LogP) is 2.21. The van der Waals surface area contributed by atoms with Crippen LogP contribution in [0, 0.1) is 0 Å². The normalized spacial score (nSPS) is 15.0. The Morgan fingerprint density at radius 3 is 2.26 bits per heavy atom. The highest BCUT2D eigenvalue weighted by molar-refractivity contribution is 5.96. The van der Waals surface area contributed by atoms with Crippen molar-refractivity contribution in [3.63, 3.8) is 0 Å². The molecule has 0 spiro atoms. The molecule has 11 nitrogen and oxygen atoms in total. The first-order valence-electron chi connectivity index (χ1n) is 10.3. The number of hydrogen-bond donors (Lipinski definition) is 4. The van der Waals surface area contributed by atoms with Crippen molar-refractivity contribution in [2.45, 2.75) is 13.0 Å². The largest absolute Gasteiger partial charge is 0.497 e. The minimum atomic E-state index is -0.827. The second-order valence-corrected chi connectivity index (χ2v) is 7.06. The molecule has 0 aliphatic carbocycles. The SMILES string of the molecule is CCOC(=O)C1=C(COC(=O)c2ccc(NC(N)=O)cc2)NC(=O)NC1c1ccc(OC)cc1. The quantitative estimate of drug-likeness (QED) is 0.432. The van der Waals surface area contributed by atoms with Gasteiger partial charge in [-0.05, 0) is 48.9 Å². The standard InChI is InChI=1S/C23H24N4O7/c1-3-33-21(29)18-17(12-34-20(28)14-4-8-15(9-5-14)25-22(24)30)26-23(31)27-19(18)13-6-10-16(32-2)11-7-13/h4-11,19H,3,12H2,1-2H3,(H3,24,25,30)(H2,26,27,31). The summed E-state index contributed by atoms with van der Waals surface area (Å²) in [7, 11) is 1.53. The highest BCUT2D eigenvalue weighted by Crippen LogP contribution is 2.29. The molecule has 0 radical (unpaired) electrons. The Hall–Kier alpha value is -4.54. The van der Waals surface area contributed by atoms with E-state index in [2.05, 4.69) is 16.0 Å². The lowest BCUT2D eigenvalue weighted by Crippen LogP contribution is -2.47. The van der Waals surface area contributed by atoms with E-state index in [1.54, 1.807) is 31.2 Å². The summed E-state index contributed by atoms with van der Waals surface area (Å²) in [6, 6.07) is 10.5. The molecule has 0 bridgehead atoms. The van der Waals surface area contributed by atoms with Gasteiger partial charge >= 0.3 is 24.0 Å². The molecule has 1 atom stereocenters. The number of urea groups is 2. The van der Waals surface area contributed by atoms with Gasteiger partial charge in [-0.2, -0.15) is 0 Å². The van der Waals surface area contributed by atoms with Crippen molar-refractivity contribution in [2.75, 3.05) is 25.6 Å². The van der Waals surface area contributed by atoms with Gasteiger partial charge in [-0.15, -0.1) is 0 Å².